The molecule has 0 aliphatic carbocycles. The van der Waals surface area contributed by atoms with Gasteiger partial charge in [-0.3, -0.25) is 4.79 Å². The Kier molecular flexibility index (Phi) is 7.45. The topological polar surface area (TPSA) is 67.8 Å². The van der Waals surface area contributed by atoms with Crippen molar-refractivity contribution in [3.05, 3.63) is 77.9 Å². The highest BCUT2D eigenvalue weighted by Crippen LogP contribution is 2.26. The molecule has 0 aromatic heterocycles. The zero-order chi connectivity index (χ0) is 20.5. The summed E-state index contributed by atoms with van der Waals surface area (Å²) in [5.41, 5.74) is 3.46. The lowest BCUT2D eigenvalue weighted by Gasteiger charge is -2.08. The molecule has 0 fully saturated rings. The number of benzene rings is 2. The van der Waals surface area contributed by atoms with Crippen LogP contribution in [0.2, 0.25) is 0 Å². The Morgan fingerprint density at radius 3 is 2.18 bits per heavy atom. The fourth-order valence-corrected chi connectivity index (χ4v) is 2.45. The van der Waals surface area contributed by atoms with Crippen LogP contribution >= 0.6 is 0 Å². The third kappa shape index (κ3) is 6.36. The molecule has 0 saturated heterocycles. The smallest absolute Gasteiger partial charge is 0.248 e. The lowest BCUT2D eigenvalue weighted by Crippen LogP contribution is -2.08. The Morgan fingerprint density at radius 1 is 1.00 bits per heavy atom. The summed E-state index contributed by atoms with van der Waals surface area (Å²) in [6.45, 7) is 3.85. The summed E-state index contributed by atoms with van der Waals surface area (Å²) in [6.07, 6.45) is 7.22. The maximum atomic E-state index is 12.0. The number of allylic oxidation sites excluding steroid dienone is 5. The summed E-state index contributed by atoms with van der Waals surface area (Å²) >= 11 is 0. The highest BCUT2D eigenvalue weighted by molar-refractivity contribution is 6.00. The molecule has 0 unspecified atom stereocenters. The molecule has 0 aliphatic heterocycles. The fourth-order valence-electron chi connectivity index (χ4n) is 2.45. The Balaban J connectivity index is 2.04. The van der Waals surface area contributed by atoms with Gasteiger partial charge in [-0.15, -0.1) is 0 Å². The summed E-state index contributed by atoms with van der Waals surface area (Å²) in [6, 6.07) is 12.0. The van der Waals surface area contributed by atoms with Crippen molar-refractivity contribution in [2.24, 2.45) is 0 Å². The molecule has 5 heteroatoms. The maximum absolute atomic E-state index is 12.0. The predicted molar refractivity (Wildman–Crippen MR) is 113 cm³/mol. The van der Waals surface area contributed by atoms with Gasteiger partial charge in [0.25, 0.3) is 0 Å². The van der Waals surface area contributed by atoms with Crippen LogP contribution in [0, 0.1) is 0 Å². The average Bonchev–Trinajstić information content (AvgIpc) is 2.69. The monoisotopic (exact) mass is 379 g/mol. The molecule has 2 rings (SSSR count). The Morgan fingerprint density at radius 2 is 1.61 bits per heavy atom. The molecule has 28 heavy (non-hydrogen) atoms. The molecule has 2 aromatic carbocycles. The minimum Gasteiger partial charge on any atom is -0.508 e. The van der Waals surface area contributed by atoms with Crippen molar-refractivity contribution >= 4 is 17.2 Å². The van der Waals surface area contributed by atoms with Crippen LogP contribution < -0.4 is 14.8 Å². The van der Waals surface area contributed by atoms with Crippen molar-refractivity contribution in [2.75, 3.05) is 19.5 Å². The molecule has 0 spiro atoms. The highest BCUT2D eigenvalue weighted by Gasteiger charge is 2.03. The van der Waals surface area contributed by atoms with Crippen LogP contribution in [0.3, 0.4) is 0 Å². The van der Waals surface area contributed by atoms with Crippen molar-refractivity contribution in [3.63, 3.8) is 0 Å². The largest absolute Gasteiger partial charge is 0.508 e. The highest BCUT2D eigenvalue weighted by atomic mass is 16.5. The van der Waals surface area contributed by atoms with Gasteiger partial charge in [0.15, 0.2) is 0 Å². The molecule has 0 saturated carbocycles. The zero-order valence-electron chi connectivity index (χ0n) is 16.5. The van der Waals surface area contributed by atoms with Gasteiger partial charge in [-0.05, 0) is 67.0 Å². The van der Waals surface area contributed by atoms with Crippen molar-refractivity contribution in [1.29, 1.82) is 0 Å². The average molecular weight is 379 g/mol. The van der Waals surface area contributed by atoms with E-state index in [1.54, 1.807) is 26.4 Å². The minimum atomic E-state index is -0.230. The van der Waals surface area contributed by atoms with E-state index in [2.05, 4.69) is 5.32 Å². The number of methoxy groups -OCH3 is 2. The number of anilines is 1. The van der Waals surface area contributed by atoms with Gasteiger partial charge in [0.1, 0.15) is 17.2 Å². The summed E-state index contributed by atoms with van der Waals surface area (Å²) in [7, 11) is 3.24. The van der Waals surface area contributed by atoms with Gasteiger partial charge < -0.3 is 19.9 Å². The fraction of sp³-hybridized carbons (Fsp3) is 0.174. The van der Waals surface area contributed by atoms with Crippen LogP contribution in [-0.2, 0) is 4.79 Å². The van der Waals surface area contributed by atoms with Crippen molar-refractivity contribution < 1.29 is 19.4 Å². The minimum absolute atomic E-state index is 0.156. The van der Waals surface area contributed by atoms with E-state index in [1.807, 2.05) is 50.3 Å². The predicted octanol–water partition coefficient (Wildman–Crippen LogP) is 4.95. The molecule has 0 aliphatic rings. The first-order chi connectivity index (χ1) is 13.4. The number of nitrogens with one attached hydrogen (secondary N) is 1. The Bertz CT molecular complexity index is 886. The quantitative estimate of drug-likeness (QED) is 0.406. The van der Waals surface area contributed by atoms with E-state index in [0.29, 0.717) is 5.69 Å². The number of aromatic hydroxyl groups is 1. The van der Waals surface area contributed by atoms with E-state index >= 15 is 0 Å². The molecule has 0 bridgehead atoms. The van der Waals surface area contributed by atoms with Crippen LogP contribution in [0.4, 0.5) is 5.69 Å². The van der Waals surface area contributed by atoms with Gasteiger partial charge >= 0.3 is 0 Å². The Labute approximate surface area is 165 Å². The van der Waals surface area contributed by atoms with Gasteiger partial charge in [-0.25, -0.2) is 0 Å². The van der Waals surface area contributed by atoms with Crippen molar-refractivity contribution in [1.82, 2.24) is 0 Å². The number of carbonyl (C=O) groups excluding carboxylic acids is 1. The first-order valence-corrected chi connectivity index (χ1v) is 8.78. The van der Waals surface area contributed by atoms with Gasteiger partial charge in [0.05, 0.1) is 14.2 Å². The van der Waals surface area contributed by atoms with Crippen LogP contribution in [0.5, 0.6) is 17.2 Å². The molecule has 0 radical (unpaired) electrons. The third-order valence-electron chi connectivity index (χ3n) is 4.01. The number of phenols is 1. The Hall–Kier alpha value is -3.47. The van der Waals surface area contributed by atoms with Gasteiger partial charge in [0.2, 0.25) is 5.91 Å². The SMILES string of the molecule is COc1cc(OC)cc(C(C)=CC=CC(C)=CC(=O)Nc2ccc(O)cc2)c1. The van der Waals surface area contributed by atoms with Gasteiger partial charge in [-0.2, -0.15) is 0 Å². The zero-order valence-corrected chi connectivity index (χ0v) is 16.5. The summed E-state index contributed by atoms with van der Waals surface area (Å²) in [5, 5.41) is 12.0. The number of hydrogen-bond donors (Lipinski definition) is 2. The second-order valence-electron chi connectivity index (χ2n) is 6.23. The first kappa shape index (κ1) is 20.8. The second-order valence-corrected chi connectivity index (χ2v) is 6.23. The van der Waals surface area contributed by atoms with Crippen LogP contribution in [0.15, 0.2) is 72.3 Å². The molecule has 2 aromatic rings. The summed E-state index contributed by atoms with van der Waals surface area (Å²) in [4.78, 5) is 12.0. The van der Waals surface area contributed by atoms with Crippen molar-refractivity contribution in [3.8, 4) is 17.2 Å². The van der Waals surface area contributed by atoms with Crippen LogP contribution in [0.25, 0.3) is 5.57 Å². The molecule has 146 valence electrons. The molecule has 2 N–H and O–H groups in total. The van der Waals surface area contributed by atoms with Crippen molar-refractivity contribution in [2.45, 2.75) is 13.8 Å². The normalized spacial score (nSPS) is 12.1. The number of phenolic OH excluding ortho intramolecular Hbond substituents is 1. The number of carbonyl (C=O) groups is 1. The number of ether oxygens (including phenoxy) is 2. The van der Waals surface area contributed by atoms with Crippen LogP contribution in [-0.4, -0.2) is 25.2 Å². The van der Waals surface area contributed by atoms with Gasteiger partial charge in [0, 0.05) is 17.8 Å². The van der Waals surface area contributed by atoms with E-state index in [1.165, 1.54) is 18.2 Å². The molecule has 1 amide bonds. The third-order valence-corrected chi connectivity index (χ3v) is 4.01. The second kappa shape index (κ2) is 10.0. The summed E-state index contributed by atoms with van der Waals surface area (Å²) in [5.74, 6) is 1.38. The standard InChI is InChI=1S/C23H25NO4/c1-16(12-23(26)24-19-8-10-20(25)11-9-19)6-5-7-17(2)18-13-21(27-3)15-22(14-18)28-4/h5-15,25H,1-4H3,(H,24,26). The van der Waals surface area contributed by atoms with Gasteiger partial charge in [-0.1, -0.05) is 18.2 Å². The number of amides is 1. The molecule has 0 heterocycles. The van der Waals surface area contributed by atoms with E-state index in [9.17, 15) is 9.90 Å². The lowest BCUT2D eigenvalue weighted by atomic mass is 10.1. The van der Waals surface area contributed by atoms with E-state index in [0.717, 1.165) is 28.2 Å². The lowest BCUT2D eigenvalue weighted by molar-refractivity contribution is -0.111. The van der Waals surface area contributed by atoms with E-state index < -0.39 is 0 Å². The van der Waals surface area contributed by atoms with E-state index in [-0.39, 0.29) is 11.7 Å². The first-order valence-electron chi connectivity index (χ1n) is 8.78. The number of hydrogen-bond acceptors (Lipinski definition) is 4. The molecule has 0 atom stereocenters. The van der Waals surface area contributed by atoms with E-state index in [4.69, 9.17) is 9.47 Å². The van der Waals surface area contributed by atoms with Crippen LogP contribution in [0.1, 0.15) is 19.4 Å². The summed E-state index contributed by atoms with van der Waals surface area (Å²) < 4.78 is 10.6. The molecular formula is C23H25NO4. The number of rotatable bonds is 7. The maximum Gasteiger partial charge on any atom is 0.248 e. The molecule has 5 nitrogen and oxygen atoms in total. The molecular weight excluding hydrogens is 354 g/mol.